The van der Waals surface area contributed by atoms with E-state index in [2.05, 4.69) is 22.1 Å². The van der Waals surface area contributed by atoms with Gasteiger partial charge in [-0.25, -0.2) is 14.6 Å². The quantitative estimate of drug-likeness (QED) is 0.801. The van der Waals surface area contributed by atoms with E-state index >= 15 is 0 Å². The fraction of sp³-hybridized carbons (Fsp3) is 0.389. The first-order chi connectivity index (χ1) is 11.3. The number of anilines is 1. The zero-order chi connectivity index (χ0) is 15.6. The average molecular weight is 307 g/mol. The Hall–Kier alpha value is -2.43. The van der Waals surface area contributed by atoms with E-state index in [4.69, 9.17) is 10.8 Å². The Labute approximate surface area is 135 Å². The normalized spacial score (nSPS) is 16.0. The van der Waals surface area contributed by atoms with Gasteiger partial charge in [0, 0.05) is 12.1 Å². The fourth-order valence-electron chi connectivity index (χ4n) is 3.57. The molecule has 1 saturated carbocycles. The third kappa shape index (κ3) is 2.67. The van der Waals surface area contributed by atoms with E-state index in [1.807, 2.05) is 22.9 Å². The number of nitrogens with zero attached hydrogens (tertiary/aromatic N) is 4. The van der Waals surface area contributed by atoms with Crippen LogP contribution < -0.4 is 5.73 Å². The number of aromatic nitrogens is 4. The van der Waals surface area contributed by atoms with Crippen LogP contribution in [0.3, 0.4) is 0 Å². The Morgan fingerprint density at radius 3 is 2.61 bits per heavy atom. The molecule has 1 aromatic carbocycles. The molecule has 4 rings (SSSR count). The third-order valence-electron chi connectivity index (χ3n) is 4.76. The largest absolute Gasteiger partial charge is 0.383 e. The molecule has 0 atom stereocenters. The Bertz CT molecular complexity index is 803. The van der Waals surface area contributed by atoms with E-state index in [0.717, 1.165) is 28.8 Å². The van der Waals surface area contributed by atoms with Gasteiger partial charge in [-0.15, -0.1) is 0 Å². The van der Waals surface area contributed by atoms with Gasteiger partial charge in [0.05, 0.1) is 5.39 Å². The van der Waals surface area contributed by atoms with E-state index in [0.29, 0.717) is 11.7 Å². The Balaban J connectivity index is 1.80. The van der Waals surface area contributed by atoms with E-state index in [-0.39, 0.29) is 0 Å². The second kappa shape index (κ2) is 5.99. The fourth-order valence-corrected chi connectivity index (χ4v) is 3.57. The van der Waals surface area contributed by atoms with Gasteiger partial charge in [0.1, 0.15) is 17.8 Å². The molecule has 0 saturated heterocycles. The van der Waals surface area contributed by atoms with Crippen LogP contribution in [0, 0.1) is 5.92 Å². The maximum atomic E-state index is 6.14. The van der Waals surface area contributed by atoms with E-state index in [9.17, 15) is 0 Å². The van der Waals surface area contributed by atoms with Crippen LogP contribution in [0.15, 0.2) is 36.7 Å². The first-order valence-corrected chi connectivity index (χ1v) is 8.35. The van der Waals surface area contributed by atoms with Gasteiger partial charge in [0.15, 0.2) is 5.65 Å². The van der Waals surface area contributed by atoms with Crippen molar-refractivity contribution in [2.24, 2.45) is 5.92 Å². The van der Waals surface area contributed by atoms with Crippen LogP contribution >= 0.6 is 0 Å². The van der Waals surface area contributed by atoms with Crippen molar-refractivity contribution >= 4 is 16.9 Å². The molecule has 5 heteroatoms. The molecule has 0 aliphatic heterocycles. The van der Waals surface area contributed by atoms with Crippen molar-refractivity contribution in [2.45, 2.75) is 38.6 Å². The lowest BCUT2D eigenvalue weighted by Gasteiger charge is -2.21. The molecule has 1 aliphatic carbocycles. The van der Waals surface area contributed by atoms with Crippen molar-refractivity contribution in [3.8, 4) is 11.3 Å². The van der Waals surface area contributed by atoms with Gasteiger partial charge >= 0.3 is 0 Å². The summed E-state index contributed by atoms with van der Waals surface area (Å²) in [4.78, 5) is 8.63. The van der Waals surface area contributed by atoms with Crippen LogP contribution in [0.5, 0.6) is 0 Å². The van der Waals surface area contributed by atoms with E-state index in [1.165, 1.54) is 38.4 Å². The predicted octanol–water partition coefficient (Wildman–Crippen LogP) is 3.66. The third-order valence-corrected chi connectivity index (χ3v) is 4.76. The number of rotatable bonds is 3. The predicted molar refractivity (Wildman–Crippen MR) is 91.7 cm³/mol. The molecular formula is C18H21N5. The summed E-state index contributed by atoms with van der Waals surface area (Å²) in [7, 11) is 0. The van der Waals surface area contributed by atoms with Crippen LogP contribution in [0.25, 0.3) is 22.3 Å². The standard InChI is InChI=1S/C18H21N5/c19-17-15-16(14-9-5-2-6-10-14)22-23(18(15)21-12-20-17)11-13-7-3-1-4-8-13/h2,5-6,9-10,12-13H,1,3-4,7-8,11H2,(H2,19,20,21). The highest BCUT2D eigenvalue weighted by Gasteiger charge is 2.20. The molecule has 2 N–H and O–H groups in total. The molecule has 0 spiro atoms. The molecule has 0 amide bonds. The second-order valence-corrected chi connectivity index (χ2v) is 6.36. The van der Waals surface area contributed by atoms with Gasteiger partial charge in [0.2, 0.25) is 0 Å². The minimum atomic E-state index is 0.503. The topological polar surface area (TPSA) is 69.6 Å². The Morgan fingerprint density at radius 2 is 1.83 bits per heavy atom. The minimum absolute atomic E-state index is 0.503. The molecule has 0 unspecified atom stereocenters. The maximum Gasteiger partial charge on any atom is 0.163 e. The summed E-state index contributed by atoms with van der Waals surface area (Å²) in [5.74, 6) is 1.19. The molecule has 118 valence electrons. The molecule has 0 radical (unpaired) electrons. The van der Waals surface area contributed by atoms with Crippen molar-refractivity contribution < 1.29 is 0 Å². The average Bonchev–Trinajstić information content (AvgIpc) is 2.97. The Kier molecular flexibility index (Phi) is 3.69. The molecule has 1 aliphatic rings. The van der Waals surface area contributed by atoms with Crippen molar-refractivity contribution in [1.82, 2.24) is 19.7 Å². The molecule has 3 aromatic rings. The summed E-state index contributed by atoms with van der Waals surface area (Å²) in [5, 5.41) is 5.72. The summed E-state index contributed by atoms with van der Waals surface area (Å²) < 4.78 is 2.03. The van der Waals surface area contributed by atoms with Crippen LogP contribution in [0.1, 0.15) is 32.1 Å². The first kappa shape index (κ1) is 14.2. The highest BCUT2D eigenvalue weighted by Crippen LogP contribution is 2.32. The summed E-state index contributed by atoms with van der Waals surface area (Å²) >= 11 is 0. The lowest BCUT2D eigenvalue weighted by atomic mass is 9.89. The van der Waals surface area contributed by atoms with E-state index in [1.54, 1.807) is 0 Å². The first-order valence-electron chi connectivity index (χ1n) is 8.35. The Morgan fingerprint density at radius 1 is 1.04 bits per heavy atom. The zero-order valence-electron chi connectivity index (χ0n) is 13.2. The molecule has 0 bridgehead atoms. The molecule has 2 heterocycles. The minimum Gasteiger partial charge on any atom is -0.383 e. The molecule has 2 aromatic heterocycles. The summed E-state index contributed by atoms with van der Waals surface area (Å²) in [6.45, 7) is 0.916. The van der Waals surface area contributed by atoms with Gasteiger partial charge in [-0.2, -0.15) is 5.10 Å². The van der Waals surface area contributed by atoms with Crippen molar-refractivity contribution in [3.63, 3.8) is 0 Å². The van der Waals surface area contributed by atoms with Gasteiger partial charge < -0.3 is 5.73 Å². The lowest BCUT2D eigenvalue weighted by molar-refractivity contribution is 0.311. The van der Waals surface area contributed by atoms with Gasteiger partial charge in [-0.05, 0) is 18.8 Å². The molecule has 1 fully saturated rings. The zero-order valence-corrected chi connectivity index (χ0v) is 13.2. The lowest BCUT2D eigenvalue weighted by Crippen LogP contribution is -2.15. The highest BCUT2D eigenvalue weighted by molar-refractivity contribution is 5.98. The second-order valence-electron chi connectivity index (χ2n) is 6.36. The number of hydrogen-bond acceptors (Lipinski definition) is 4. The van der Waals surface area contributed by atoms with Crippen molar-refractivity contribution in [2.75, 3.05) is 5.73 Å². The molecular weight excluding hydrogens is 286 g/mol. The number of nitrogen functional groups attached to an aromatic ring is 1. The summed E-state index contributed by atoms with van der Waals surface area (Å²) in [6.07, 6.45) is 8.11. The highest BCUT2D eigenvalue weighted by atomic mass is 15.3. The molecule has 23 heavy (non-hydrogen) atoms. The SMILES string of the molecule is Nc1ncnc2c1c(-c1ccccc1)nn2CC1CCCCC1. The van der Waals surface area contributed by atoms with Gasteiger partial charge in [-0.1, -0.05) is 49.6 Å². The number of hydrogen-bond donors (Lipinski definition) is 1. The van der Waals surface area contributed by atoms with Crippen LogP contribution in [0.4, 0.5) is 5.82 Å². The number of nitrogens with two attached hydrogens (primary N) is 1. The number of benzene rings is 1. The van der Waals surface area contributed by atoms with Crippen LogP contribution in [-0.2, 0) is 6.54 Å². The summed E-state index contributed by atoms with van der Waals surface area (Å²) in [6, 6.07) is 10.1. The van der Waals surface area contributed by atoms with Gasteiger partial charge in [0.25, 0.3) is 0 Å². The molecule has 5 nitrogen and oxygen atoms in total. The van der Waals surface area contributed by atoms with Crippen LogP contribution in [-0.4, -0.2) is 19.7 Å². The van der Waals surface area contributed by atoms with Crippen molar-refractivity contribution in [1.29, 1.82) is 0 Å². The van der Waals surface area contributed by atoms with E-state index < -0.39 is 0 Å². The van der Waals surface area contributed by atoms with Crippen molar-refractivity contribution in [3.05, 3.63) is 36.7 Å². The van der Waals surface area contributed by atoms with Gasteiger partial charge in [-0.3, -0.25) is 0 Å². The van der Waals surface area contributed by atoms with Crippen LogP contribution in [0.2, 0.25) is 0 Å². The summed E-state index contributed by atoms with van der Waals surface area (Å²) in [5.41, 5.74) is 8.93. The maximum absolute atomic E-state index is 6.14. The number of fused-ring (bicyclic) bond motifs is 1. The smallest absolute Gasteiger partial charge is 0.163 e. The monoisotopic (exact) mass is 307 g/mol.